The van der Waals surface area contributed by atoms with E-state index >= 15 is 0 Å². The van der Waals surface area contributed by atoms with Gasteiger partial charge in [-0.3, -0.25) is 8.98 Å². The predicted octanol–water partition coefficient (Wildman–Crippen LogP) is 3.74. The Hall–Kier alpha value is -1.82. The molecule has 3 rings (SSSR count). The number of amides is 1. The summed E-state index contributed by atoms with van der Waals surface area (Å²) in [6.45, 7) is 13.4. The summed E-state index contributed by atoms with van der Waals surface area (Å²) < 4.78 is 35.6. The Morgan fingerprint density at radius 2 is 2.00 bits per heavy atom. The summed E-state index contributed by atoms with van der Waals surface area (Å²) in [5.74, 6) is 0.128. The first kappa shape index (κ1) is 26.8. The zero-order valence-corrected chi connectivity index (χ0v) is 23.2. The van der Waals surface area contributed by atoms with E-state index < -0.39 is 23.6 Å². The second-order valence-corrected chi connectivity index (χ2v) is 18.5. The van der Waals surface area contributed by atoms with Gasteiger partial charge in [-0.25, -0.2) is 9.97 Å². The first-order chi connectivity index (χ1) is 15.7. The van der Waals surface area contributed by atoms with Gasteiger partial charge < -0.3 is 14.6 Å². The minimum atomic E-state index is -3.57. The molecule has 1 fully saturated rings. The third-order valence-electron chi connectivity index (χ3n) is 6.22. The highest BCUT2D eigenvalue weighted by atomic mass is 32.2. The molecule has 0 saturated heterocycles. The molecule has 2 heterocycles. The fourth-order valence-electron chi connectivity index (χ4n) is 3.30. The maximum Gasteiger partial charge on any atom is 0.264 e. The minimum Gasteiger partial charge on any atom is -0.361 e. The topological polar surface area (TPSA) is 112 Å². The molecule has 1 N–H and O–H groups in total. The van der Waals surface area contributed by atoms with Gasteiger partial charge in [-0.15, -0.1) is 0 Å². The van der Waals surface area contributed by atoms with Gasteiger partial charge in [0.2, 0.25) is 0 Å². The summed E-state index contributed by atoms with van der Waals surface area (Å²) in [6, 6.07) is 0.701. The molecule has 11 heteroatoms. The maximum absolute atomic E-state index is 13.3. The van der Waals surface area contributed by atoms with Gasteiger partial charge in [-0.1, -0.05) is 33.5 Å². The molecule has 0 aromatic carbocycles. The fourth-order valence-corrected chi connectivity index (χ4v) is 4.58. The average molecular weight is 511 g/mol. The molecule has 2 aromatic rings. The number of fused-ring (bicyclic) bond motifs is 1. The van der Waals surface area contributed by atoms with Crippen LogP contribution in [0.25, 0.3) is 11.2 Å². The van der Waals surface area contributed by atoms with Gasteiger partial charge in [0.1, 0.15) is 12.2 Å². The summed E-state index contributed by atoms with van der Waals surface area (Å²) in [5.41, 5.74) is 1.92. The van der Waals surface area contributed by atoms with E-state index in [1.807, 2.05) is 25.3 Å². The van der Waals surface area contributed by atoms with Crippen molar-refractivity contribution in [3.8, 4) is 0 Å². The molecule has 9 nitrogen and oxygen atoms in total. The zero-order valence-electron chi connectivity index (χ0n) is 21.3. The lowest BCUT2D eigenvalue weighted by Gasteiger charge is -2.31. The van der Waals surface area contributed by atoms with Gasteiger partial charge in [-0.2, -0.15) is 8.42 Å². The molecule has 34 heavy (non-hydrogen) atoms. The van der Waals surface area contributed by atoms with Crippen molar-refractivity contribution in [3.05, 3.63) is 23.7 Å². The van der Waals surface area contributed by atoms with Crippen molar-refractivity contribution < 1.29 is 22.1 Å². The van der Waals surface area contributed by atoms with Crippen LogP contribution in [-0.2, 0) is 25.8 Å². The number of nitrogens with zero attached hydrogens (tertiary/aromatic N) is 3. The van der Waals surface area contributed by atoms with E-state index in [9.17, 15) is 13.2 Å². The molecular weight excluding hydrogens is 472 g/mol. The van der Waals surface area contributed by atoms with Crippen LogP contribution < -0.4 is 5.32 Å². The van der Waals surface area contributed by atoms with Crippen LogP contribution in [0.4, 0.5) is 0 Å². The minimum absolute atomic E-state index is 0.0361. The first-order valence-electron chi connectivity index (χ1n) is 11.7. The van der Waals surface area contributed by atoms with Crippen molar-refractivity contribution in [1.29, 1.82) is 0 Å². The Labute approximate surface area is 203 Å². The molecule has 190 valence electrons. The maximum atomic E-state index is 13.3. The number of hydrogen-bond acceptors (Lipinski definition) is 7. The number of rotatable bonds is 12. The van der Waals surface area contributed by atoms with Crippen LogP contribution in [0, 0.1) is 5.41 Å². The molecule has 0 radical (unpaired) electrons. The molecule has 0 bridgehead atoms. The molecule has 1 saturated carbocycles. The fraction of sp³-hybridized carbons (Fsp3) is 0.696. The summed E-state index contributed by atoms with van der Waals surface area (Å²) in [7, 11) is -4.77. The largest absolute Gasteiger partial charge is 0.361 e. The van der Waals surface area contributed by atoms with E-state index in [0.29, 0.717) is 36.0 Å². The number of nitrogens with one attached hydrogen (secondary N) is 1. The van der Waals surface area contributed by atoms with E-state index in [2.05, 4.69) is 29.9 Å². The molecular formula is C23H38N4O5SSi. The van der Waals surface area contributed by atoms with Crippen molar-refractivity contribution in [2.45, 2.75) is 78.0 Å². The Balaban J connectivity index is 1.80. The van der Waals surface area contributed by atoms with Crippen LogP contribution in [0.15, 0.2) is 12.4 Å². The number of aromatic nitrogens is 3. The quantitative estimate of drug-likeness (QED) is 0.263. The normalized spacial score (nSPS) is 16.1. The molecule has 1 unspecified atom stereocenters. The molecule has 1 atom stereocenters. The molecule has 0 aliphatic heterocycles. The van der Waals surface area contributed by atoms with E-state index in [-0.39, 0.29) is 18.6 Å². The summed E-state index contributed by atoms with van der Waals surface area (Å²) in [6.07, 6.45) is 6.75. The van der Waals surface area contributed by atoms with Crippen molar-refractivity contribution in [1.82, 2.24) is 19.9 Å². The molecule has 1 aliphatic carbocycles. The molecule has 2 aromatic heterocycles. The molecule has 1 aliphatic rings. The van der Waals surface area contributed by atoms with Gasteiger partial charge in [0, 0.05) is 38.3 Å². The van der Waals surface area contributed by atoms with Crippen molar-refractivity contribution in [3.63, 3.8) is 0 Å². The van der Waals surface area contributed by atoms with Crippen molar-refractivity contribution >= 4 is 35.3 Å². The Morgan fingerprint density at radius 1 is 1.32 bits per heavy atom. The lowest BCUT2D eigenvalue weighted by molar-refractivity contribution is 0.0855. The number of hydrogen-bond donors (Lipinski definition) is 1. The average Bonchev–Trinajstić information content (AvgIpc) is 3.50. The summed E-state index contributed by atoms with van der Waals surface area (Å²) >= 11 is 0. The Morgan fingerprint density at radius 3 is 2.59 bits per heavy atom. The van der Waals surface area contributed by atoms with Gasteiger partial charge in [-0.05, 0) is 25.8 Å². The van der Waals surface area contributed by atoms with Crippen molar-refractivity contribution in [2.75, 3.05) is 19.5 Å². The summed E-state index contributed by atoms with van der Waals surface area (Å²) in [5, 5.41) is 3.00. The van der Waals surface area contributed by atoms with Crippen LogP contribution in [0.5, 0.6) is 0 Å². The van der Waals surface area contributed by atoms with Gasteiger partial charge in [0.05, 0.1) is 30.3 Å². The highest BCUT2D eigenvalue weighted by molar-refractivity contribution is 7.85. The van der Waals surface area contributed by atoms with E-state index in [0.717, 1.165) is 30.8 Å². The summed E-state index contributed by atoms with van der Waals surface area (Å²) in [4.78, 5) is 22.7. The molecule has 0 spiro atoms. The zero-order chi connectivity index (χ0) is 25.3. The third-order valence-corrected chi connectivity index (χ3v) is 8.47. The SMILES string of the molecule is CC(NC(=O)c1cn(COCC[Si](C)(C)C)c2ncc(C3CC3)nc12)C(C)(C)COS(C)(=O)=O. The van der Waals surface area contributed by atoms with Crippen LogP contribution in [-0.4, -0.2) is 62.4 Å². The number of carbonyl (C=O) groups is 1. The Bertz CT molecular complexity index is 1140. The second kappa shape index (κ2) is 10.0. The van der Waals surface area contributed by atoms with Crippen LogP contribution in [0.3, 0.4) is 0 Å². The van der Waals surface area contributed by atoms with Crippen molar-refractivity contribution in [2.24, 2.45) is 5.41 Å². The van der Waals surface area contributed by atoms with E-state index in [4.69, 9.17) is 13.9 Å². The smallest absolute Gasteiger partial charge is 0.264 e. The highest BCUT2D eigenvalue weighted by Crippen LogP contribution is 2.39. The van der Waals surface area contributed by atoms with E-state index in [1.54, 1.807) is 12.4 Å². The lowest BCUT2D eigenvalue weighted by atomic mass is 9.86. The van der Waals surface area contributed by atoms with Crippen LogP contribution >= 0.6 is 0 Å². The number of ether oxygens (including phenoxy) is 1. The third kappa shape index (κ3) is 7.34. The first-order valence-corrected chi connectivity index (χ1v) is 17.3. The van der Waals surface area contributed by atoms with E-state index in [1.165, 1.54) is 0 Å². The van der Waals surface area contributed by atoms with Crippen LogP contribution in [0.1, 0.15) is 55.6 Å². The predicted molar refractivity (Wildman–Crippen MR) is 135 cm³/mol. The monoisotopic (exact) mass is 510 g/mol. The lowest BCUT2D eigenvalue weighted by Crippen LogP contribution is -2.45. The Kier molecular flexibility index (Phi) is 7.91. The van der Waals surface area contributed by atoms with Gasteiger partial charge in [0.15, 0.2) is 5.65 Å². The molecule has 1 amide bonds. The highest BCUT2D eigenvalue weighted by Gasteiger charge is 2.31. The number of carbonyl (C=O) groups excluding carboxylic acids is 1. The van der Waals surface area contributed by atoms with Gasteiger partial charge >= 0.3 is 0 Å². The van der Waals surface area contributed by atoms with Gasteiger partial charge in [0.25, 0.3) is 16.0 Å². The van der Waals surface area contributed by atoms with Crippen LogP contribution in [0.2, 0.25) is 25.7 Å². The standard InChI is InChI=1S/C23H38N4O5SSi/c1-16(23(2,3)14-32-33(4,29)30)25-22(28)18-13-27(15-31-10-11-34(5,6)7)21-20(18)26-19(12-24-21)17-8-9-17/h12-13,16-17H,8-11,14-15H2,1-7H3,(H,25,28). The second-order valence-electron chi connectivity index (χ2n) is 11.3.